The molecule has 7 heteroatoms. The number of halogens is 6. The average Bonchev–Trinajstić information content (AvgIpc) is 2.79. The van der Waals surface area contributed by atoms with Gasteiger partial charge >= 0.3 is 12.4 Å². The quantitative estimate of drug-likeness (QED) is 0.694. The highest BCUT2D eigenvalue weighted by molar-refractivity contribution is 5.36. The molecule has 1 aliphatic rings. The topological polar surface area (TPSA) is 9.23 Å². The van der Waals surface area contributed by atoms with E-state index in [1.54, 1.807) is 6.42 Å². The van der Waals surface area contributed by atoms with Crippen LogP contribution in [0, 0.1) is 6.42 Å². The summed E-state index contributed by atoms with van der Waals surface area (Å²) >= 11 is 0. The van der Waals surface area contributed by atoms with E-state index in [0.29, 0.717) is 25.2 Å². The Labute approximate surface area is 105 Å². The zero-order valence-electron chi connectivity index (χ0n) is 9.48. The van der Waals surface area contributed by atoms with Gasteiger partial charge in [-0.1, -0.05) is 0 Å². The summed E-state index contributed by atoms with van der Waals surface area (Å²) in [6, 6.07) is 1.50. The zero-order chi connectivity index (χ0) is 14.3. The highest BCUT2D eigenvalue weighted by atomic mass is 19.4. The fourth-order valence-corrected chi connectivity index (χ4v) is 1.86. The van der Waals surface area contributed by atoms with Crippen LogP contribution in [0.15, 0.2) is 18.2 Å². The minimum Gasteiger partial charge on any atom is -0.373 e. The van der Waals surface area contributed by atoms with Gasteiger partial charge in [0, 0.05) is 6.61 Å². The SMILES string of the molecule is FC(F)(F)c1cc(C2[CH]CCO2)cc(C(F)(F)F)c1. The van der Waals surface area contributed by atoms with Gasteiger partial charge in [0.1, 0.15) is 0 Å². The molecule has 1 aromatic rings. The number of alkyl halides is 6. The lowest BCUT2D eigenvalue weighted by atomic mass is 9.99. The van der Waals surface area contributed by atoms with E-state index >= 15 is 0 Å². The Balaban J connectivity index is 2.48. The van der Waals surface area contributed by atoms with Crippen LogP contribution < -0.4 is 0 Å². The van der Waals surface area contributed by atoms with Gasteiger partial charge in [-0.3, -0.25) is 0 Å². The highest BCUT2D eigenvalue weighted by Crippen LogP contribution is 2.39. The van der Waals surface area contributed by atoms with Gasteiger partial charge in [-0.15, -0.1) is 0 Å². The number of hydrogen-bond acceptors (Lipinski definition) is 1. The molecule has 105 valence electrons. The van der Waals surface area contributed by atoms with E-state index < -0.39 is 29.6 Å². The molecule has 1 aliphatic heterocycles. The van der Waals surface area contributed by atoms with Gasteiger partial charge in [-0.25, -0.2) is 0 Å². The molecule has 2 rings (SSSR count). The summed E-state index contributed by atoms with van der Waals surface area (Å²) in [6.45, 7) is 0.294. The van der Waals surface area contributed by atoms with Crippen molar-refractivity contribution in [2.24, 2.45) is 0 Å². The van der Waals surface area contributed by atoms with E-state index in [0.717, 1.165) is 0 Å². The molecule has 1 unspecified atom stereocenters. The van der Waals surface area contributed by atoms with E-state index in [1.807, 2.05) is 0 Å². The van der Waals surface area contributed by atoms with Gasteiger partial charge in [0.2, 0.25) is 0 Å². The number of ether oxygens (including phenoxy) is 1. The van der Waals surface area contributed by atoms with Crippen molar-refractivity contribution in [2.45, 2.75) is 24.9 Å². The second-order valence-electron chi connectivity index (χ2n) is 4.15. The lowest BCUT2D eigenvalue weighted by Crippen LogP contribution is -2.13. The van der Waals surface area contributed by atoms with Crippen LogP contribution in [0.25, 0.3) is 0 Å². The van der Waals surface area contributed by atoms with Crippen molar-refractivity contribution < 1.29 is 31.1 Å². The maximum atomic E-state index is 12.6. The highest BCUT2D eigenvalue weighted by Gasteiger charge is 2.37. The molecule has 1 radical (unpaired) electrons. The van der Waals surface area contributed by atoms with Crippen LogP contribution in [0.3, 0.4) is 0 Å². The van der Waals surface area contributed by atoms with Gasteiger partial charge < -0.3 is 4.74 Å². The van der Waals surface area contributed by atoms with Crippen LogP contribution in [0.4, 0.5) is 26.3 Å². The summed E-state index contributed by atoms with van der Waals surface area (Å²) < 4.78 is 80.7. The van der Waals surface area contributed by atoms with Crippen LogP contribution in [-0.4, -0.2) is 6.61 Å². The molecular formula is C12H9F6O. The molecule has 1 aromatic carbocycles. The summed E-state index contributed by atoms with van der Waals surface area (Å²) in [5.74, 6) is 0. The van der Waals surface area contributed by atoms with E-state index in [9.17, 15) is 26.3 Å². The number of hydrogen-bond donors (Lipinski definition) is 0. The van der Waals surface area contributed by atoms with Crippen molar-refractivity contribution in [2.75, 3.05) is 6.61 Å². The Hall–Kier alpha value is -1.24. The normalized spacial score (nSPS) is 20.8. The molecule has 0 amide bonds. The Bertz CT molecular complexity index is 424. The summed E-state index contributed by atoms with van der Waals surface area (Å²) in [6.07, 6.45) is -8.41. The predicted molar refractivity (Wildman–Crippen MR) is 54.1 cm³/mol. The Morgan fingerprint density at radius 3 is 1.79 bits per heavy atom. The molecule has 0 aromatic heterocycles. The number of benzene rings is 1. The van der Waals surface area contributed by atoms with Gasteiger partial charge in [-0.05, 0) is 36.6 Å². The van der Waals surface area contributed by atoms with Crippen molar-refractivity contribution >= 4 is 0 Å². The number of rotatable bonds is 1. The smallest absolute Gasteiger partial charge is 0.373 e. The molecule has 0 aliphatic carbocycles. The van der Waals surface area contributed by atoms with E-state index in [1.165, 1.54) is 0 Å². The lowest BCUT2D eigenvalue weighted by molar-refractivity contribution is -0.143. The van der Waals surface area contributed by atoms with Crippen LogP contribution >= 0.6 is 0 Å². The first-order valence-corrected chi connectivity index (χ1v) is 5.42. The van der Waals surface area contributed by atoms with Gasteiger partial charge in [0.15, 0.2) is 0 Å². The first-order chi connectivity index (χ1) is 8.68. The Kier molecular flexibility index (Phi) is 3.51. The summed E-state index contributed by atoms with van der Waals surface area (Å²) in [7, 11) is 0. The van der Waals surface area contributed by atoms with E-state index in [2.05, 4.69) is 0 Å². The fraction of sp³-hybridized carbons (Fsp3) is 0.417. The predicted octanol–water partition coefficient (Wildman–Crippen LogP) is 4.39. The van der Waals surface area contributed by atoms with Gasteiger partial charge in [0.25, 0.3) is 0 Å². The molecule has 0 spiro atoms. The summed E-state index contributed by atoms with van der Waals surface area (Å²) in [4.78, 5) is 0. The van der Waals surface area contributed by atoms with E-state index in [-0.39, 0.29) is 11.6 Å². The summed E-state index contributed by atoms with van der Waals surface area (Å²) in [5.41, 5.74) is -2.76. The van der Waals surface area contributed by atoms with Crippen molar-refractivity contribution in [1.29, 1.82) is 0 Å². The molecular weight excluding hydrogens is 274 g/mol. The monoisotopic (exact) mass is 283 g/mol. The zero-order valence-corrected chi connectivity index (χ0v) is 9.48. The van der Waals surface area contributed by atoms with Crippen LogP contribution in [-0.2, 0) is 17.1 Å². The Morgan fingerprint density at radius 1 is 0.895 bits per heavy atom. The van der Waals surface area contributed by atoms with E-state index in [4.69, 9.17) is 4.74 Å². The lowest BCUT2D eigenvalue weighted by Gasteiger charge is -2.16. The maximum Gasteiger partial charge on any atom is 0.416 e. The third-order valence-electron chi connectivity index (χ3n) is 2.73. The minimum atomic E-state index is -4.82. The molecule has 0 saturated carbocycles. The first kappa shape index (κ1) is 14.2. The average molecular weight is 283 g/mol. The van der Waals surface area contributed by atoms with Crippen molar-refractivity contribution in [3.63, 3.8) is 0 Å². The van der Waals surface area contributed by atoms with Gasteiger partial charge in [0.05, 0.1) is 17.2 Å². The van der Waals surface area contributed by atoms with Gasteiger partial charge in [-0.2, -0.15) is 26.3 Å². The van der Waals surface area contributed by atoms with Crippen molar-refractivity contribution in [3.05, 3.63) is 41.3 Å². The van der Waals surface area contributed by atoms with Crippen LogP contribution in [0.5, 0.6) is 0 Å². The molecule has 0 bridgehead atoms. The molecule has 1 heterocycles. The standard InChI is InChI=1S/C12H9F6O/c13-11(14,15)8-4-7(10-2-1-3-19-10)5-9(6-8)12(16,17)18/h2,4-6,10H,1,3H2. The molecule has 1 atom stereocenters. The molecule has 1 fully saturated rings. The van der Waals surface area contributed by atoms with Crippen molar-refractivity contribution in [1.82, 2.24) is 0 Å². The second kappa shape index (κ2) is 4.70. The second-order valence-corrected chi connectivity index (χ2v) is 4.15. The Morgan fingerprint density at radius 2 is 1.42 bits per heavy atom. The molecule has 0 N–H and O–H groups in total. The summed E-state index contributed by atoms with van der Waals surface area (Å²) in [5, 5.41) is 0. The van der Waals surface area contributed by atoms with Crippen LogP contribution in [0.2, 0.25) is 0 Å². The first-order valence-electron chi connectivity index (χ1n) is 5.42. The molecule has 1 nitrogen and oxygen atoms in total. The van der Waals surface area contributed by atoms with Crippen LogP contribution in [0.1, 0.15) is 29.2 Å². The third-order valence-corrected chi connectivity index (χ3v) is 2.73. The van der Waals surface area contributed by atoms with Crippen molar-refractivity contribution in [3.8, 4) is 0 Å². The largest absolute Gasteiger partial charge is 0.416 e. The molecule has 1 saturated heterocycles. The fourth-order valence-electron chi connectivity index (χ4n) is 1.86. The molecule has 19 heavy (non-hydrogen) atoms. The maximum absolute atomic E-state index is 12.6. The minimum absolute atomic E-state index is 0.110. The third kappa shape index (κ3) is 3.20.